The maximum absolute atomic E-state index is 13.2. The SMILES string of the molecule is NC(=O)/C(=C/n1cnc(-c2cc(C(F)(F)F)cc(C(F)(F)F)c2)n1)c1ccc(S(=O)(=O)NC2CC2)cc1. The number of carbonyl (C=O) groups excluding carboxylic acids is 1. The van der Waals surface area contributed by atoms with E-state index in [0.29, 0.717) is 12.1 Å². The van der Waals surface area contributed by atoms with E-state index in [1.807, 2.05) is 0 Å². The van der Waals surface area contributed by atoms with Crippen LogP contribution in [0.15, 0.2) is 53.7 Å². The molecule has 1 aliphatic rings. The summed E-state index contributed by atoms with van der Waals surface area (Å²) in [7, 11) is -3.75. The Kier molecular flexibility index (Phi) is 6.62. The number of carbonyl (C=O) groups is 1. The van der Waals surface area contributed by atoms with Crippen molar-refractivity contribution in [3.63, 3.8) is 0 Å². The summed E-state index contributed by atoms with van der Waals surface area (Å²) in [6, 6.07) is 5.96. The first-order chi connectivity index (χ1) is 17.1. The van der Waals surface area contributed by atoms with Crippen molar-refractivity contribution in [3.05, 3.63) is 65.5 Å². The van der Waals surface area contributed by atoms with Crippen LogP contribution in [0.25, 0.3) is 23.2 Å². The van der Waals surface area contributed by atoms with E-state index in [9.17, 15) is 39.6 Å². The minimum absolute atomic E-state index is 0.0182. The molecule has 0 unspecified atom stereocenters. The van der Waals surface area contributed by atoms with Crippen molar-refractivity contribution < 1.29 is 39.6 Å². The number of rotatable bonds is 7. The zero-order valence-corrected chi connectivity index (χ0v) is 19.3. The van der Waals surface area contributed by atoms with Crippen LogP contribution in [-0.4, -0.2) is 35.1 Å². The molecule has 4 rings (SSSR count). The number of hydrogen-bond acceptors (Lipinski definition) is 5. The molecule has 0 radical (unpaired) electrons. The zero-order chi connectivity index (χ0) is 27.2. The molecule has 1 aliphatic carbocycles. The van der Waals surface area contributed by atoms with E-state index in [1.165, 1.54) is 24.3 Å². The van der Waals surface area contributed by atoms with Gasteiger partial charge in [0, 0.05) is 17.8 Å². The third kappa shape index (κ3) is 6.17. The summed E-state index contributed by atoms with van der Waals surface area (Å²) < 4.78 is 107. The Labute approximate surface area is 205 Å². The van der Waals surface area contributed by atoms with E-state index in [1.54, 1.807) is 0 Å². The molecular formula is C22H17F6N5O3S. The Hall–Kier alpha value is -3.72. The first-order valence-electron chi connectivity index (χ1n) is 10.5. The van der Waals surface area contributed by atoms with Gasteiger partial charge in [-0.15, -0.1) is 5.10 Å². The zero-order valence-electron chi connectivity index (χ0n) is 18.5. The number of sulfonamides is 1. The molecule has 0 aliphatic heterocycles. The molecular weight excluding hydrogens is 528 g/mol. The Morgan fingerprint density at radius 3 is 2.05 bits per heavy atom. The second-order valence-electron chi connectivity index (χ2n) is 8.17. The van der Waals surface area contributed by atoms with Crippen LogP contribution in [-0.2, 0) is 27.2 Å². The van der Waals surface area contributed by atoms with Crippen molar-refractivity contribution in [3.8, 4) is 11.4 Å². The molecule has 1 fully saturated rings. The first kappa shape index (κ1) is 26.3. The van der Waals surface area contributed by atoms with Gasteiger partial charge in [-0.3, -0.25) is 4.79 Å². The van der Waals surface area contributed by atoms with E-state index in [2.05, 4.69) is 14.8 Å². The largest absolute Gasteiger partial charge is 0.416 e. The molecule has 0 bridgehead atoms. The molecule has 196 valence electrons. The molecule has 1 saturated carbocycles. The van der Waals surface area contributed by atoms with Gasteiger partial charge in [0.15, 0.2) is 5.82 Å². The Balaban J connectivity index is 1.67. The van der Waals surface area contributed by atoms with Gasteiger partial charge in [0.05, 0.1) is 21.6 Å². The lowest BCUT2D eigenvalue weighted by molar-refractivity contribution is -0.143. The van der Waals surface area contributed by atoms with Crippen molar-refractivity contribution in [1.29, 1.82) is 0 Å². The third-order valence-corrected chi connectivity index (χ3v) is 6.79. The first-order valence-corrected chi connectivity index (χ1v) is 12.0. The molecule has 37 heavy (non-hydrogen) atoms. The average molecular weight is 545 g/mol. The van der Waals surface area contributed by atoms with Crippen molar-refractivity contribution >= 4 is 27.7 Å². The number of halogens is 6. The van der Waals surface area contributed by atoms with Gasteiger partial charge >= 0.3 is 12.4 Å². The molecule has 1 amide bonds. The van der Waals surface area contributed by atoms with Crippen LogP contribution >= 0.6 is 0 Å². The van der Waals surface area contributed by atoms with Crippen LogP contribution in [0.3, 0.4) is 0 Å². The quantitative estimate of drug-likeness (QED) is 0.345. The van der Waals surface area contributed by atoms with Crippen molar-refractivity contribution in [2.75, 3.05) is 0 Å². The molecule has 1 heterocycles. The molecule has 3 N–H and O–H groups in total. The van der Waals surface area contributed by atoms with Crippen molar-refractivity contribution in [1.82, 2.24) is 19.5 Å². The highest BCUT2D eigenvalue weighted by atomic mass is 32.2. The lowest BCUT2D eigenvalue weighted by atomic mass is 10.0. The van der Waals surface area contributed by atoms with Gasteiger partial charge in [0.1, 0.15) is 6.33 Å². The standard InChI is InChI=1S/C22H17F6N5O3S/c23-21(24,25)14-7-13(8-15(9-14)22(26,27)28)20-30-11-33(31-20)10-18(19(29)34)12-1-5-17(6-2-12)37(35,36)32-16-3-4-16/h1-2,5-11,16,32H,3-4H2,(H2,29,34)/b18-10+. The lowest BCUT2D eigenvalue weighted by Crippen LogP contribution is -2.25. The van der Waals surface area contributed by atoms with Gasteiger partial charge in [-0.05, 0) is 48.7 Å². The minimum atomic E-state index is -5.05. The maximum atomic E-state index is 13.2. The summed E-state index contributed by atoms with van der Waals surface area (Å²) in [5.41, 5.74) is 1.82. The van der Waals surface area contributed by atoms with Gasteiger partial charge < -0.3 is 5.73 Å². The van der Waals surface area contributed by atoms with Crippen LogP contribution < -0.4 is 10.5 Å². The van der Waals surface area contributed by atoms with E-state index in [4.69, 9.17) is 5.73 Å². The number of alkyl halides is 6. The van der Waals surface area contributed by atoms with Crippen LogP contribution in [0, 0.1) is 0 Å². The van der Waals surface area contributed by atoms with Gasteiger partial charge in [-0.2, -0.15) is 26.3 Å². The summed E-state index contributed by atoms with van der Waals surface area (Å²) in [6.45, 7) is 0. The number of benzene rings is 2. The molecule has 0 spiro atoms. The monoisotopic (exact) mass is 545 g/mol. The van der Waals surface area contributed by atoms with E-state index in [0.717, 1.165) is 30.1 Å². The second kappa shape index (κ2) is 9.30. The molecule has 0 saturated heterocycles. The minimum Gasteiger partial charge on any atom is -0.366 e. The van der Waals surface area contributed by atoms with Gasteiger partial charge in [0.2, 0.25) is 10.0 Å². The molecule has 8 nitrogen and oxygen atoms in total. The second-order valence-corrected chi connectivity index (χ2v) is 9.88. The molecule has 0 atom stereocenters. The highest BCUT2D eigenvalue weighted by molar-refractivity contribution is 7.89. The average Bonchev–Trinajstić information content (AvgIpc) is 3.48. The Morgan fingerprint density at radius 2 is 1.57 bits per heavy atom. The van der Waals surface area contributed by atoms with Crippen LogP contribution in [0.4, 0.5) is 26.3 Å². The summed E-state index contributed by atoms with van der Waals surface area (Å²) in [6.07, 6.45) is -6.60. The molecule has 2 aromatic carbocycles. The predicted molar refractivity (Wildman–Crippen MR) is 119 cm³/mol. The fourth-order valence-corrected chi connectivity index (χ4v) is 4.57. The number of hydrogen-bond donors (Lipinski definition) is 2. The highest BCUT2D eigenvalue weighted by Gasteiger charge is 2.37. The summed E-state index contributed by atoms with van der Waals surface area (Å²) in [4.78, 5) is 15.7. The highest BCUT2D eigenvalue weighted by Crippen LogP contribution is 2.38. The molecule has 3 aromatic rings. The van der Waals surface area contributed by atoms with Crippen LogP contribution in [0.1, 0.15) is 29.5 Å². The number of nitrogens with one attached hydrogen (secondary N) is 1. The molecule has 15 heteroatoms. The Bertz CT molecular complexity index is 1440. The number of aromatic nitrogens is 3. The number of primary amides is 1. The van der Waals surface area contributed by atoms with Crippen molar-refractivity contribution in [2.45, 2.75) is 36.1 Å². The number of nitrogens with zero attached hydrogens (tertiary/aromatic N) is 3. The fraction of sp³-hybridized carbons (Fsp3) is 0.227. The Morgan fingerprint density at radius 1 is 1.00 bits per heavy atom. The topological polar surface area (TPSA) is 120 Å². The third-order valence-electron chi connectivity index (χ3n) is 5.26. The van der Waals surface area contributed by atoms with Gasteiger partial charge in [-0.25, -0.2) is 22.8 Å². The van der Waals surface area contributed by atoms with Gasteiger partial charge in [-0.1, -0.05) is 12.1 Å². The fourth-order valence-electron chi connectivity index (χ4n) is 3.27. The summed E-state index contributed by atoms with van der Waals surface area (Å²) in [5, 5.41) is 3.85. The van der Waals surface area contributed by atoms with E-state index < -0.39 is 50.8 Å². The predicted octanol–water partition coefficient (Wildman–Crippen LogP) is 3.91. The van der Waals surface area contributed by atoms with E-state index >= 15 is 0 Å². The normalized spacial score (nSPS) is 15.1. The van der Waals surface area contributed by atoms with Crippen LogP contribution in [0.5, 0.6) is 0 Å². The smallest absolute Gasteiger partial charge is 0.366 e. The maximum Gasteiger partial charge on any atom is 0.416 e. The number of amides is 1. The van der Waals surface area contributed by atoms with E-state index in [-0.39, 0.29) is 28.1 Å². The summed E-state index contributed by atoms with van der Waals surface area (Å²) in [5.74, 6) is -1.42. The number of nitrogens with two attached hydrogens (primary N) is 1. The van der Waals surface area contributed by atoms with Gasteiger partial charge in [0.25, 0.3) is 5.91 Å². The lowest BCUT2D eigenvalue weighted by Gasteiger charge is -2.13. The summed E-state index contributed by atoms with van der Waals surface area (Å²) >= 11 is 0. The molecule has 1 aromatic heterocycles. The van der Waals surface area contributed by atoms with Crippen LogP contribution in [0.2, 0.25) is 0 Å². The van der Waals surface area contributed by atoms with Crippen molar-refractivity contribution in [2.24, 2.45) is 5.73 Å².